The number of hydrogen-bond donors (Lipinski definition) is 0. The van der Waals surface area contributed by atoms with Gasteiger partial charge in [0.25, 0.3) is 0 Å². The van der Waals surface area contributed by atoms with E-state index in [0.29, 0.717) is 0 Å². The molecule has 77 valence electrons. The van der Waals surface area contributed by atoms with Crippen molar-refractivity contribution in [2.24, 2.45) is 0 Å². The molecular weight excluding hydrogens is 184 g/mol. The fourth-order valence-electron chi connectivity index (χ4n) is 1.85. The summed E-state index contributed by atoms with van der Waals surface area (Å²) in [6.07, 6.45) is 3.13. The van der Waals surface area contributed by atoms with Gasteiger partial charge in [0.2, 0.25) is 0 Å². The summed E-state index contributed by atoms with van der Waals surface area (Å²) in [7, 11) is 0. The van der Waals surface area contributed by atoms with Crippen molar-refractivity contribution < 1.29 is 5.11 Å². The predicted octanol–water partition coefficient (Wildman–Crippen LogP) is 4.33. The van der Waals surface area contributed by atoms with Crippen LogP contribution in [0.25, 0.3) is 10.8 Å². The molecule has 0 saturated carbocycles. The van der Waals surface area contributed by atoms with Crippen molar-refractivity contribution >= 4 is 10.8 Å². The van der Waals surface area contributed by atoms with Crippen LogP contribution in [0.15, 0.2) is 36.4 Å². The third-order valence-corrected chi connectivity index (χ3v) is 2.76. The number of unbranched alkanes of at least 4 members (excludes halogenated alkanes) is 1. The Morgan fingerprint density at radius 1 is 1.07 bits per heavy atom. The van der Waals surface area contributed by atoms with E-state index in [9.17, 15) is 5.11 Å². The standard InChI is InChI=1S/C14H15O/c1-2-3-6-12-10-9-11-7-4-5-8-13(11)14(12)15/h4-5,7-10H,2-3,6H2,1H3. The van der Waals surface area contributed by atoms with E-state index in [-0.39, 0.29) is 5.75 Å². The van der Waals surface area contributed by atoms with Gasteiger partial charge in [-0.3, -0.25) is 5.11 Å². The van der Waals surface area contributed by atoms with Crippen molar-refractivity contribution in [2.75, 3.05) is 0 Å². The maximum Gasteiger partial charge on any atom is 0.189 e. The monoisotopic (exact) mass is 199 g/mol. The Labute approximate surface area is 90.4 Å². The minimum absolute atomic E-state index is 0.210. The van der Waals surface area contributed by atoms with Crippen molar-refractivity contribution in [2.45, 2.75) is 26.2 Å². The molecule has 0 unspecified atom stereocenters. The molecule has 2 rings (SSSR count). The van der Waals surface area contributed by atoms with E-state index >= 15 is 0 Å². The highest BCUT2D eigenvalue weighted by Crippen LogP contribution is 2.29. The highest BCUT2D eigenvalue weighted by Gasteiger charge is 2.06. The molecule has 0 aromatic heterocycles. The van der Waals surface area contributed by atoms with Gasteiger partial charge in [-0.25, -0.2) is 0 Å². The summed E-state index contributed by atoms with van der Waals surface area (Å²) < 4.78 is 0. The summed E-state index contributed by atoms with van der Waals surface area (Å²) in [5.74, 6) is 0.210. The summed E-state index contributed by atoms with van der Waals surface area (Å²) in [6.45, 7) is 2.14. The Kier molecular flexibility index (Phi) is 2.91. The first kappa shape index (κ1) is 10.0. The topological polar surface area (TPSA) is 19.9 Å². The van der Waals surface area contributed by atoms with Gasteiger partial charge in [0.15, 0.2) is 5.75 Å². The van der Waals surface area contributed by atoms with Crippen molar-refractivity contribution in [1.29, 1.82) is 0 Å². The number of benzene rings is 2. The zero-order valence-electron chi connectivity index (χ0n) is 8.99. The molecule has 0 atom stereocenters. The largest absolute Gasteiger partial charge is 0.289 e. The van der Waals surface area contributed by atoms with Gasteiger partial charge in [-0.05, 0) is 18.2 Å². The molecule has 0 saturated heterocycles. The average Bonchev–Trinajstić information content (AvgIpc) is 2.29. The Balaban J connectivity index is 2.45. The Bertz CT molecular complexity index is 460. The minimum Gasteiger partial charge on any atom is -0.289 e. The van der Waals surface area contributed by atoms with Crippen LogP contribution in [0, 0.1) is 0 Å². The lowest BCUT2D eigenvalue weighted by Gasteiger charge is -2.04. The first-order valence-electron chi connectivity index (χ1n) is 5.50. The molecule has 0 bridgehead atoms. The van der Waals surface area contributed by atoms with Crippen LogP contribution in [0.2, 0.25) is 0 Å². The summed E-state index contributed by atoms with van der Waals surface area (Å²) in [5, 5.41) is 13.9. The molecule has 0 amide bonds. The summed E-state index contributed by atoms with van der Waals surface area (Å²) >= 11 is 0. The molecule has 0 aliphatic carbocycles. The second kappa shape index (κ2) is 4.35. The summed E-state index contributed by atoms with van der Waals surface area (Å²) in [5.41, 5.74) is 0.954. The van der Waals surface area contributed by atoms with Crippen LogP contribution in [-0.4, -0.2) is 0 Å². The molecule has 2 aromatic carbocycles. The van der Waals surface area contributed by atoms with Gasteiger partial charge in [-0.1, -0.05) is 49.7 Å². The zero-order valence-corrected chi connectivity index (χ0v) is 8.99. The maximum atomic E-state index is 12.0. The van der Waals surface area contributed by atoms with Crippen LogP contribution < -0.4 is 0 Å². The number of rotatable bonds is 3. The third-order valence-electron chi connectivity index (χ3n) is 2.76. The van der Waals surface area contributed by atoms with Crippen LogP contribution in [-0.2, 0) is 11.5 Å². The Hall–Kier alpha value is -1.50. The van der Waals surface area contributed by atoms with Crippen LogP contribution in [0.4, 0.5) is 0 Å². The van der Waals surface area contributed by atoms with E-state index in [1.54, 1.807) is 0 Å². The lowest BCUT2D eigenvalue weighted by Crippen LogP contribution is -1.86. The second-order valence-corrected chi connectivity index (χ2v) is 3.88. The van der Waals surface area contributed by atoms with Gasteiger partial charge in [0.1, 0.15) is 0 Å². The van der Waals surface area contributed by atoms with E-state index in [0.717, 1.165) is 35.6 Å². The Morgan fingerprint density at radius 3 is 2.67 bits per heavy atom. The number of hydrogen-bond acceptors (Lipinski definition) is 0. The predicted molar refractivity (Wildman–Crippen MR) is 62.7 cm³/mol. The highest BCUT2D eigenvalue weighted by atomic mass is 16.3. The molecule has 0 heterocycles. The fraction of sp³-hybridized carbons (Fsp3) is 0.286. The van der Waals surface area contributed by atoms with Crippen LogP contribution in [0.5, 0.6) is 5.75 Å². The molecule has 0 fully saturated rings. The lowest BCUT2D eigenvalue weighted by atomic mass is 10.0. The van der Waals surface area contributed by atoms with Crippen molar-refractivity contribution in [3.63, 3.8) is 0 Å². The number of fused-ring (bicyclic) bond motifs is 1. The van der Waals surface area contributed by atoms with Crippen LogP contribution in [0.1, 0.15) is 25.3 Å². The van der Waals surface area contributed by atoms with Crippen molar-refractivity contribution in [3.8, 4) is 5.75 Å². The molecule has 2 aromatic rings. The first-order chi connectivity index (χ1) is 7.33. The van der Waals surface area contributed by atoms with Crippen molar-refractivity contribution in [3.05, 3.63) is 42.0 Å². The zero-order chi connectivity index (χ0) is 10.7. The van der Waals surface area contributed by atoms with Crippen LogP contribution in [0.3, 0.4) is 0 Å². The Morgan fingerprint density at radius 2 is 1.87 bits per heavy atom. The summed E-state index contributed by atoms with van der Waals surface area (Å²) in [6, 6.07) is 11.8. The van der Waals surface area contributed by atoms with Gasteiger partial charge >= 0.3 is 0 Å². The smallest absolute Gasteiger partial charge is 0.189 e. The fourth-order valence-corrected chi connectivity index (χ4v) is 1.85. The average molecular weight is 199 g/mol. The van der Waals surface area contributed by atoms with Gasteiger partial charge in [-0.15, -0.1) is 0 Å². The van der Waals surface area contributed by atoms with E-state index in [2.05, 4.69) is 6.92 Å². The SMILES string of the molecule is CCCCc1ccc2ccccc2c1[O]. The third kappa shape index (κ3) is 1.96. The lowest BCUT2D eigenvalue weighted by molar-refractivity contribution is 0.355. The molecule has 0 spiro atoms. The van der Waals surface area contributed by atoms with Crippen molar-refractivity contribution in [1.82, 2.24) is 0 Å². The van der Waals surface area contributed by atoms with Gasteiger partial charge in [-0.2, -0.15) is 0 Å². The molecule has 0 aliphatic heterocycles. The van der Waals surface area contributed by atoms with E-state index in [1.807, 2.05) is 36.4 Å². The van der Waals surface area contributed by atoms with E-state index in [1.165, 1.54) is 0 Å². The van der Waals surface area contributed by atoms with Gasteiger partial charge < -0.3 is 0 Å². The first-order valence-corrected chi connectivity index (χ1v) is 5.50. The molecule has 0 N–H and O–H groups in total. The van der Waals surface area contributed by atoms with E-state index in [4.69, 9.17) is 0 Å². The quantitative estimate of drug-likeness (QED) is 0.701. The molecule has 1 nitrogen and oxygen atoms in total. The highest BCUT2D eigenvalue weighted by molar-refractivity contribution is 5.89. The second-order valence-electron chi connectivity index (χ2n) is 3.88. The molecule has 1 heteroatoms. The van der Waals surface area contributed by atoms with Gasteiger partial charge in [0.05, 0.1) is 0 Å². The maximum absolute atomic E-state index is 12.0. The molecule has 15 heavy (non-hydrogen) atoms. The van der Waals surface area contributed by atoms with Gasteiger partial charge in [0, 0.05) is 10.9 Å². The molecular formula is C14H15O. The molecule has 1 radical (unpaired) electrons. The van der Waals surface area contributed by atoms with Crippen LogP contribution >= 0.6 is 0 Å². The van der Waals surface area contributed by atoms with E-state index < -0.39 is 0 Å². The normalized spacial score (nSPS) is 10.7. The summed E-state index contributed by atoms with van der Waals surface area (Å²) in [4.78, 5) is 0. The molecule has 0 aliphatic rings. The number of aryl methyl sites for hydroxylation is 1. The minimum atomic E-state index is 0.210.